The predicted octanol–water partition coefficient (Wildman–Crippen LogP) is 5.33. The van der Waals surface area contributed by atoms with Gasteiger partial charge in [0.25, 0.3) is 0 Å². The molecule has 5 nitrogen and oxygen atoms in total. The quantitative estimate of drug-likeness (QED) is 0.333. The molecule has 1 N–H and O–H groups in total. The first-order chi connectivity index (χ1) is 15.9. The number of fused-ring (bicyclic) bond motifs is 1. The van der Waals surface area contributed by atoms with E-state index in [0.29, 0.717) is 0 Å². The van der Waals surface area contributed by atoms with Crippen LogP contribution in [-0.4, -0.2) is 42.8 Å². The third kappa shape index (κ3) is 4.92. The van der Waals surface area contributed by atoms with Crippen molar-refractivity contribution in [2.24, 2.45) is 4.40 Å². The van der Waals surface area contributed by atoms with Gasteiger partial charge in [0.1, 0.15) is 5.75 Å². The van der Waals surface area contributed by atoms with Crippen molar-refractivity contribution in [3.63, 3.8) is 0 Å². The molecule has 1 saturated heterocycles. The van der Waals surface area contributed by atoms with E-state index in [1.165, 1.54) is 34.6 Å². The van der Waals surface area contributed by atoms with Crippen LogP contribution in [-0.2, 0) is 4.79 Å². The monoisotopic (exact) mass is 477 g/mol. The number of methoxy groups -OCH3 is 1. The maximum Gasteiger partial charge on any atom is 0.243 e. The van der Waals surface area contributed by atoms with E-state index in [9.17, 15) is 4.79 Å². The Morgan fingerprint density at radius 2 is 2.09 bits per heavy atom. The smallest absolute Gasteiger partial charge is 0.243 e. The molecule has 2 aliphatic rings. The molecule has 2 aromatic carbocycles. The highest BCUT2D eigenvalue weighted by molar-refractivity contribution is 8.01. The van der Waals surface area contributed by atoms with Gasteiger partial charge in [-0.1, -0.05) is 43.5 Å². The lowest BCUT2D eigenvalue weighted by molar-refractivity contribution is -0.118. The second kappa shape index (κ2) is 9.98. The van der Waals surface area contributed by atoms with Crippen LogP contribution >= 0.6 is 21.2 Å². The van der Waals surface area contributed by atoms with Crippen molar-refractivity contribution in [3.8, 4) is 5.75 Å². The largest absolute Gasteiger partial charge is 0.497 e. The Kier molecular flexibility index (Phi) is 7.06. The van der Waals surface area contributed by atoms with Gasteiger partial charge in [-0.2, -0.15) is 0 Å². The minimum Gasteiger partial charge on any atom is -0.497 e. The highest BCUT2D eigenvalue weighted by atomic mass is 32.2. The van der Waals surface area contributed by atoms with Crippen LogP contribution in [0.1, 0.15) is 18.9 Å². The Morgan fingerprint density at radius 1 is 1.33 bits per heavy atom. The fourth-order valence-electron chi connectivity index (χ4n) is 4.07. The van der Waals surface area contributed by atoms with E-state index in [1.807, 2.05) is 6.07 Å². The summed E-state index contributed by atoms with van der Waals surface area (Å²) in [7, 11) is 4.60. The normalized spacial score (nSPS) is 17.6. The van der Waals surface area contributed by atoms with Crippen molar-refractivity contribution in [2.45, 2.75) is 19.4 Å². The van der Waals surface area contributed by atoms with Crippen LogP contribution in [0, 0.1) is 0 Å². The van der Waals surface area contributed by atoms with Gasteiger partial charge >= 0.3 is 0 Å². The minimum absolute atomic E-state index is 0.130. The third-order valence-electron chi connectivity index (χ3n) is 5.94. The molecule has 2 aromatic rings. The van der Waals surface area contributed by atoms with Gasteiger partial charge in [0.15, 0.2) is 0 Å². The number of carbonyl (C=O) groups excluding carboxylic acids is 1. The number of allylic oxidation sites excluding steroid dienone is 4. The minimum atomic E-state index is -0.141. The molecular weight excluding hydrogens is 449 g/mol. The molecule has 0 saturated carbocycles. The average Bonchev–Trinajstić information content (AvgIpc) is 2.80. The zero-order chi connectivity index (χ0) is 23.5. The summed E-state index contributed by atoms with van der Waals surface area (Å²) >= 11 is 1.39. The van der Waals surface area contributed by atoms with E-state index >= 15 is 0 Å². The van der Waals surface area contributed by atoms with Gasteiger partial charge in [0.2, 0.25) is 5.91 Å². The number of amides is 1. The number of hydrogen-bond acceptors (Lipinski definition) is 5. The van der Waals surface area contributed by atoms with E-state index in [-0.39, 0.29) is 11.9 Å². The first-order valence-corrected chi connectivity index (χ1v) is 12.1. The van der Waals surface area contributed by atoms with Gasteiger partial charge in [-0.05, 0) is 52.6 Å². The Labute approximate surface area is 201 Å². The lowest BCUT2D eigenvalue weighted by atomic mass is 9.88. The second-order valence-electron chi connectivity index (χ2n) is 8.11. The lowest BCUT2D eigenvalue weighted by Crippen LogP contribution is -2.57. The average molecular weight is 478 g/mol. The lowest BCUT2D eigenvalue weighted by Gasteiger charge is -2.41. The molecule has 1 aliphatic heterocycles. The van der Waals surface area contributed by atoms with E-state index in [2.05, 4.69) is 75.9 Å². The Bertz CT molecular complexity index is 1230. The molecular formula is C26H28N3O2PS. The molecule has 4 rings (SSSR count). The van der Waals surface area contributed by atoms with Gasteiger partial charge in [0.05, 0.1) is 23.9 Å². The Balaban J connectivity index is 1.57. The first-order valence-electron chi connectivity index (χ1n) is 10.8. The summed E-state index contributed by atoms with van der Waals surface area (Å²) in [5.41, 5.74) is 4.55. The molecule has 1 unspecified atom stereocenters. The molecule has 0 radical (unpaired) electrons. The van der Waals surface area contributed by atoms with Crippen molar-refractivity contribution in [3.05, 3.63) is 83.2 Å². The molecule has 170 valence electrons. The summed E-state index contributed by atoms with van der Waals surface area (Å²) < 4.78 is 10.4. The maximum absolute atomic E-state index is 11.4. The summed E-state index contributed by atoms with van der Waals surface area (Å²) in [6.07, 6.45) is 4.30. The van der Waals surface area contributed by atoms with Crippen LogP contribution in [0.3, 0.4) is 0 Å². The number of ether oxygens (including phenoxy) is 1. The highest BCUT2D eigenvalue weighted by Crippen LogP contribution is 2.41. The van der Waals surface area contributed by atoms with Crippen LogP contribution in [0.4, 0.5) is 0 Å². The molecule has 33 heavy (non-hydrogen) atoms. The van der Waals surface area contributed by atoms with Crippen molar-refractivity contribution in [1.29, 1.82) is 0 Å². The zero-order valence-electron chi connectivity index (χ0n) is 18.9. The molecule has 1 atom stereocenters. The van der Waals surface area contributed by atoms with Gasteiger partial charge < -0.3 is 15.0 Å². The highest BCUT2D eigenvalue weighted by Gasteiger charge is 2.29. The topological polar surface area (TPSA) is 53.9 Å². The van der Waals surface area contributed by atoms with Crippen molar-refractivity contribution >= 4 is 49.2 Å². The number of nitrogens with zero attached hydrogens (tertiary/aromatic N) is 2. The summed E-state index contributed by atoms with van der Waals surface area (Å²) in [5, 5.41) is 7.21. The maximum atomic E-state index is 11.4. The van der Waals surface area contributed by atoms with E-state index in [0.717, 1.165) is 52.3 Å². The third-order valence-corrected chi connectivity index (χ3v) is 7.35. The number of likely N-dealkylation sites (tertiary alicyclic amines) is 1. The number of nitrogens with one attached hydrogen (secondary N) is 1. The van der Waals surface area contributed by atoms with Crippen molar-refractivity contribution in [1.82, 2.24) is 10.2 Å². The molecule has 7 heteroatoms. The fourth-order valence-corrected chi connectivity index (χ4v) is 5.38. The first kappa shape index (κ1) is 23.3. The summed E-state index contributed by atoms with van der Waals surface area (Å²) in [4.78, 5) is 13.6. The molecule has 1 heterocycles. The number of benzene rings is 2. The van der Waals surface area contributed by atoms with Gasteiger partial charge in [0, 0.05) is 36.8 Å². The second-order valence-corrected chi connectivity index (χ2v) is 9.53. The summed E-state index contributed by atoms with van der Waals surface area (Å²) in [6.45, 7) is 11.3. The molecule has 1 fully saturated rings. The van der Waals surface area contributed by atoms with Crippen molar-refractivity contribution < 1.29 is 9.53 Å². The zero-order valence-corrected chi connectivity index (χ0v) is 20.9. The number of carbonyl (C=O) groups is 1. The molecule has 1 amide bonds. The fraction of sp³-hybridized carbons (Fsp3) is 0.231. The van der Waals surface area contributed by atoms with Crippen molar-refractivity contribution in [2.75, 3.05) is 20.2 Å². The molecule has 0 aromatic heterocycles. The predicted molar refractivity (Wildman–Crippen MR) is 143 cm³/mol. The SMILES string of the molecule is C=CC(=O)NC1CN(C(=C)SN=C2CC=C(C)C(c3cc(OC)cc4ccccc34)=C2P)C1. The van der Waals surface area contributed by atoms with Gasteiger partial charge in [-0.15, -0.1) is 9.24 Å². The van der Waals surface area contributed by atoms with E-state index in [1.54, 1.807) is 7.11 Å². The molecule has 1 aliphatic carbocycles. The van der Waals surface area contributed by atoms with E-state index < -0.39 is 0 Å². The van der Waals surface area contributed by atoms with Crippen LogP contribution < -0.4 is 10.1 Å². The Morgan fingerprint density at radius 3 is 2.82 bits per heavy atom. The van der Waals surface area contributed by atoms with E-state index in [4.69, 9.17) is 9.13 Å². The summed E-state index contributed by atoms with van der Waals surface area (Å²) in [6, 6.07) is 12.7. The van der Waals surface area contributed by atoms with Crippen LogP contribution in [0.2, 0.25) is 0 Å². The van der Waals surface area contributed by atoms with Crippen LogP contribution in [0.5, 0.6) is 5.75 Å². The van der Waals surface area contributed by atoms with Crippen LogP contribution in [0.25, 0.3) is 16.3 Å². The van der Waals surface area contributed by atoms with Gasteiger partial charge in [-0.3, -0.25) is 4.79 Å². The van der Waals surface area contributed by atoms with Crippen LogP contribution in [0.15, 0.2) is 82.0 Å². The molecule has 0 spiro atoms. The van der Waals surface area contributed by atoms with Gasteiger partial charge in [-0.25, -0.2) is 4.40 Å². The number of rotatable bonds is 7. The molecule has 0 bridgehead atoms. The number of hydrogen-bond donors (Lipinski definition) is 1. The summed E-state index contributed by atoms with van der Waals surface area (Å²) in [5.74, 6) is 0.697. The Hall–Kier alpha value is -2.82. The standard InChI is InChI=1S/C26H28N3O2PS/c1-5-24(30)27-19-14-29(15-19)17(3)33-28-23-11-10-16(2)25(26(23)32)22-13-20(31-4)12-18-8-6-7-9-21(18)22/h5-10,12-13,19H,1,3,11,14-15,32H2,2,4H3,(H,27,30).